The molecule has 0 atom stereocenters. The summed E-state index contributed by atoms with van der Waals surface area (Å²) in [6.45, 7) is 2.08. The molecule has 0 aliphatic heterocycles. The minimum Gasteiger partial charge on any atom is -0.340 e. The van der Waals surface area contributed by atoms with Crippen molar-refractivity contribution in [2.45, 2.75) is 6.92 Å². The first-order valence-corrected chi connectivity index (χ1v) is 2.91. The van der Waals surface area contributed by atoms with Crippen LogP contribution >= 0.6 is 0 Å². The van der Waals surface area contributed by atoms with E-state index in [9.17, 15) is 4.79 Å². The first-order chi connectivity index (χ1) is 4.70. The van der Waals surface area contributed by atoms with Gasteiger partial charge in [-0.15, -0.1) is 0 Å². The maximum Gasteiger partial charge on any atom is 0.334 e. The van der Waals surface area contributed by atoms with Crippen LogP contribution in [0.1, 0.15) is 6.92 Å². The van der Waals surface area contributed by atoms with Gasteiger partial charge < -0.3 is 11.1 Å². The first kappa shape index (κ1) is 8.90. The molecule has 58 valence electrons. The third-order valence-electron chi connectivity index (χ3n) is 0.871. The normalized spacial score (nSPS) is 10.9. The molecule has 0 aliphatic rings. The molecule has 2 amide bonds. The van der Waals surface area contributed by atoms with Gasteiger partial charge in [0.15, 0.2) is 0 Å². The van der Waals surface area contributed by atoms with E-state index in [0.717, 1.165) is 0 Å². The minimum atomic E-state index is -0.340. The molecule has 0 rings (SSSR count). The van der Waals surface area contributed by atoms with Gasteiger partial charge >= 0.3 is 6.03 Å². The standard InChI is InChI=1S/C5H12N4O/c1-4(3-6)8-9-5(10)7-2/h3,6H2,1-2H3,(H2,7,9,10). The molecule has 0 saturated heterocycles. The molecule has 0 aromatic carbocycles. The van der Waals surface area contributed by atoms with Crippen molar-refractivity contribution in [1.82, 2.24) is 10.7 Å². The summed E-state index contributed by atoms with van der Waals surface area (Å²) < 4.78 is 0. The highest BCUT2D eigenvalue weighted by molar-refractivity contribution is 5.85. The Morgan fingerprint density at radius 1 is 1.70 bits per heavy atom. The van der Waals surface area contributed by atoms with Crippen LogP contribution in [-0.4, -0.2) is 25.3 Å². The number of rotatable bonds is 2. The lowest BCUT2D eigenvalue weighted by Gasteiger charge is -1.97. The molecule has 0 bridgehead atoms. The maximum atomic E-state index is 10.5. The van der Waals surface area contributed by atoms with Gasteiger partial charge in [-0.2, -0.15) is 5.10 Å². The Morgan fingerprint density at radius 2 is 2.30 bits per heavy atom. The van der Waals surface area contributed by atoms with Crippen LogP contribution < -0.4 is 16.5 Å². The summed E-state index contributed by atoms with van der Waals surface area (Å²) in [5, 5.41) is 5.99. The molecular formula is C5H12N4O. The summed E-state index contributed by atoms with van der Waals surface area (Å²) in [5.74, 6) is 0. The monoisotopic (exact) mass is 144 g/mol. The largest absolute Gasteiger partial charge is 0.340 e. The number of nitrogens with zero attached hydrogens (tertiary/aromatic N) is 1. The Balaban J connectivity index is 3.61. The van der Waals surface area contributed by atoms with Crippen molar-refractivity contribution in [3.63, 3.8) is 0 Å². The van der Waals surface area contributed by atoms with Crippen molar-refractivity contribution in [1.29, 1.82) is 0 Å². The molecule has 10 heavy (non-hydrogen) atoms. The van der Waals surface area contributed by atoms with E-state index in [1.807, 2.05) is 0 Å². The molecular weight excluding hydrogens is 132 g/mol. The summed E-state index contributed by atoms with van der Waals surface area (Å²) in [6, 6.07) is -0.340. The zero-order valence-electron chi connectivity index (χ0n) is 6.14. The second-order valence-corrected chi connectivity index (χ2v) is 1.74. The third-order valence-corrected chi connectivity index (χ3v) is 0.871. The molecule has 0 aromatic rings. The van der Waals surface area contributed by atoms with E-state index < -0.39 is 0 Å². The third kappa shape index (κ3) is 3.85. The second-order valence-electron chi connectivity index (χ2n) is 1.74. The van der Waals surface area contributed by atoms with E-state index in [0.29, 0.717) is 12.3 Å². The molecule has 0 heterocycles. The smallest absolute Gasteiger partial charge is 0.334 e. The molecule has 4 N–H and O–H groups in total. The number of nitrogens with two attached hydrogens (primary N) is 1. The molecule has 0 saturated carbocycles. The molecule has 0 fully saturated rings. The highest BCUT2D eigenvalue weighted by Gasteiger charge is 1.90. The van der Waals surface area contributed by atoms with Gasteiger partial charge in [-0.3, -0.25) is 0 Å². The number of amides is 2. The topological polar surface area (TPSA) is 79.5 Å². The van der Waals surface area contributed by atoms with Crippen molar-refractivity contribution in [2.24, 2.45) is 10.8 Å². The molecule has 0 spiro atoms. The highest BCUT2D eigenvalue weighted by atomic mass is 16.2. The van der Waals surface area contributed by atoms with Gasteiger partial charge in [-0.1, -0.05) is 0 Å². The van der Waals surface area contributed by atoms with E-state index in [4.69, 9.17) is 5.73 Å². The van der Waals surface area contributed by atoms with Crippen LogP contribution in [0.2, 0.25) is 0 Å². The number of carbonyl (C=O) groups is 1. The van der Waals surface area contributed by atoms with E-state index in [-0.39, 0.29) is 6.03 Å². The summed E-state index contributed by atoms with van der Waals surface area (Å²) >= 11 is 0. The summed E-state index contributed by atoms with van der Waals surface area (Å²) in [7, 11) is 1.52. The lowest BCUT2D eigenvalue weighted by Crippen LogP contribution is -2.30. The predicted molar refractivity (Wildman–Crippen MR) is 39.8 cm³/mol. The van der Waals surface area contributed by atoms with E-state index in [1.54, 1.807) is 6.92 Å². The Morgan fingerprint density at radius 3 is 2.70 bits per heavy atom. The van der Waals surface area contributed by atoms with Gasteiger partial charge in [0.1, 0.15) is 0 Å². The second kappa shape index (κ2) is 4.75. The van der Waals surface area contributed by atoms with Gasteiger partial charge in [0.25, 0.3) is 0 Å². The SMILES string of the molecule is CNC(=O)NN=C(C)CN. The fraction of sp³-hybridized carbons (Fsp3) is 0.600. The molecule has 0 aromatic heterocycles. The van der Waals surface area contributed by atoms with Crippen molar-refractivity contribution >= 4 is 11.7 Å². The van der Waals surface area contributed by atoms with Crippen LogP contribution in [0, 0.1) is 0 Å². The average molecular weight is 144 g/mol. The number of nitrogens with one attached hydrogen (secondary N) is 2. The first-order valence-electron chi connectivity index (χ1n) is 2.91. The van der Waals surface area contributed by atoms with Crippen LogP contribution in [0.15, 0.2) is 5.10 Å². The Labute approximate surface area is 59.7 Å². The minimum absolute atomic E-state index is 0.340. The number of urea groups is 1. The number of hydrogen-bond acceptors (Lipinski definition) is 3. The quantitative estimate of drug-likeness (QED) is 0.352. The lowest BCUT2D eigenvalue weighted by atomic mass is 10.4. The van der Waals surface area contributed by atoms with Gasteiger partial charge in [0, 0.05) is 19.3 Å². The molecule has 5 heteroatoms. The number of hydrogen-bond donors (Lipinski definition) is 3. The fourth-order valence-electron chi connectivity index (χ4n) is 0.248. The van der Waals surface area contributed by atoms with Crippen LogP contribution in [0.3, 0.4) is 0 Å². The molecule has 5 nitrogen and oxygen atoms in total. The Bertz CT molecular complexity index is 143. The predicted octanol–water partition coefficient (Wildman–Crippen LogP) is -0.750. The zero-order chi connectivity index (χ0) is 7.98. The van der Waals surface area contributed by atoms with Gasteiger partial charge in [-0.05, 0) is 6.92 Å². The van der Waals surface area contributed by atoms with Gasteiger partial charge in [-0.25, -0.2) is 10.2 Å². The van der Waals surface area contributed by atoms with Crippen LogP contribution in [0.4, 0.5) is 4.79 Å². The van der Waals surface area contributed by atoms with Crippen LogP contribution in [-0.2, 0) is 0 Å². The Hall–Kier alpha value is -1.10. The molecule has 0 aliphatic carbocycles. The zero-order valence-corrected chi connectivity index (χ0v) is 6.14. The number of hydrazone groups is 1. The highest BCUT2D eigenvalue weighted by Crippen LogP contribution is 1.68. The lowest BCUT2D eigenvalue weighted by molar-refractivity contribution is 0.243. The van der Waals surface area contributed by atoms with Gasteiger partial charge in [0.05, 0.1) is 0 Å². The van der Waals surface area contributed by atoms with Crippen molar-refractivity contribution in [3.8, 4) is 0 Å². The fourth-order valence-corrected chi connectivity index (χ4v) is 0.248. The number of carbonyl (C=O) groups excluding carboxylic acids is 1. The van der Waals surface area contributed by atoms with Crippen molar-refractivity contribution < 1.29 is 4.79 Å². The van der Waals surface area contributed by atoms with Crippen LogP contribution in [0.5, 0.6) is 0 Å². The maximum absolute atomic E-state index is 10.5. The van der Waals surface area contributed by atoms with E-state index >= 15 is 0 Å². The molecule has 0 radical (unpaired) electrons. The summed E-state index contributed by atoms with van der Waals surface area (Å²) in [6.07, 6.45) is 0. The van der Waals surface area contributed by atoms with E-state index in [2.05, 4.69) is 15.8 Å². The Kier molecular flexibility index (Phi) is 4.23. The average Bonchev–Trinajstić information content (AvgIpc) is 1.99. The van der Waals surface area contributed by atoms with E-state index in [1.165, 1.54) is 7.05 Å². The van der Waals surface area contributed by atoms with Crippen molar-refractivity contribution in [3.05, 3.63) is 0 Å². The molecule has 0 unspecified atom stereocenters. The van der Waals surface area contributed by atoms with Crippen molar-refractivity contribution in [2.75, 3.05) is 13.6 Å². The summed E-state index contributed by atoms with van der Waals surface area (Å²) in [4.78, 5) is 10.5. The summed E-state index contributed by atoms with van der Waals surface area (Å²) in [5.41, 5.74) is 8.12. The van der Waals surface area contributed by atoms with Crippen LogP contribution in [0.25, 0.3) is 0 Å². The van der Waals surface area contributed by atoms with Gasteiger partial charge in [0.2, 0.25) is 0 Å².